The van der Waals surface area contributed by atoms with E-state index >= 15 is 0 Å². The Kier molecular flexibility index (Phi) is 13.3. The van der Waals surface area contributed by atoms with Crippen molar-refractivity contribution in [3.8, 4) is 0 Å². The van der Waals surface area contributed by atoms with Crippen molar-refractivity contribution in [3.63, 3.8) is 0 Å². The zero-order chi connectivity index (χ0) is 33.6. The summed E-state index contributed by atoms with van der Waals surface area (Å²) in [6, 6.07) is 9.51. The van der Waals surface area contributed by atoms with Crippen LogP contribution < -0.4 is 0 Å². The molecule has 0 aromatic heterocycles. The zero-order valence-corrected chi connectivity index (χ0v) is 30.6. The van der Waals surface area contributed by atoms with Gasteiger partial charge in [0.1, 0.15) is 13.4 Å². The largest absolute Gasteiger partial charge is 0.447 e. The van der Waals surface area contributed by atoms with Crippen molar-refractivity contribution in [1.82, 2.24) is 4.90 Å². The van der Waals surface area contributed by atoms with Crippen molar-refractivity contribution in [2.24, 2.45) is 17.8 Å². The van der Waals surface area contributed by atoms with Crippen LogP contribution >= 0.6 is 0 Å². The number of benzene rings is 1. The molecule has 0 aliphatic carbocycles. The lowest BCUT2D eigenvalue weighted by molar-refractivity contribution is -0.311. The lowest BCUT2D eigenvalue weighted by Crippen LogP contribution is -2.51. The van der Waals surface area contributed by atoms with E-state index in [4.69, 9.17) is 28.1 Å². The lowest BCUT2D eigenvalue weighted by atomic mass is 9.81. The molecule has 2 heterocycles. The number of ether oxygens (including phenoxy) is 5. The van der Waals surface area contributed by atoms with Crippen LogP contribution in [-0.4, -0.2) is 82.5 Å². The number of carbonyl (C=O) groups is 2. The van der Waals surface area contributed by atoms with E-state index in [0.717, 1.165) is 18.4 Å². The Balaban J connectivity index is 1.73. The van der Waals surface area contributed by atoms with Gasteiger partial charge >= 0.3 is 6.09 Å². The van der Waals surface area contributed by atoms with Gasteiger partial charge in [0.15, 0.2) is 14.1 Å². The number of carbonyl (C=O) groups excluding carboxylic acids is 2. The fourth-order valence-electron chi connectivity index (χ4n) is 6.31. The monoisotopic (exact) mass is 649 g/mol. The fourth-order valence-corrected chi connectivity index (χ4v) is 7.34. The van der Waals surface area contributed by atoms with Crippen molar-refractivity contribution in [1.29, 1.82) is 0 Å². The van der Waals surface area contributed by atoms with Crippen LogP contribution in [0.25, 0.3) is 0 Å². The van der Waals surface area contributed by atoms with Gasteiger partial charge in [-0.25, -0.2) is 9.69 Å². The van der Waals surface area contributed by atoms with Crippen molar-refractivity contribution in [3.05, 3.63) is 35.9 Å². The normalized spacial score (nSPS) is 25.0. The summed E-state index contributed by atoms with van der Waals surface area (Å²) in [5.74, 6) is -1.40. The van der Waals surface area contributed by atoms with Crippen LogP contribution in [0.3, 0.4) is 0 Å². The van der Waals surface area contributed by atoms with Gasteiger partial charge in [0.2, 0.25) is 5.91 Å². The highest BCUT2D eigenvalue weighted by Gasteiger charge is 2.45. The molecule has 2 aliphatic rings. The second kappa shape index (κ2) is 15.8. The van der Waals surface area contributed by atoms with Gasteiger partial charge in [-0.15, -0.1) is 0 Å². The molecule has 0 saturated carbocycles. The van der Waals surface area contributed by atoms with Gasteiger partial charge in [-0.2, -0.15) is 0 Å². The first-order chi connectivity index (χ1) is 21.0. The highest BCUT2D eigenvalue weighted by atomic mass is 28.4. The van der Waals surface area contributed by atoms with Crippen LogP contribution in [0.4, 0.5) is 4.79 Å². The Morgan fingerprint density at radius 1 is 1.13 bits per heavy atom. The molecule has 0 spiro atoms. The molecule has 3 rings (SSSR count). The van der Waals surface area contributed by atoms with Gasteiger partial charge in [0.25, 0.3) is 0 Å². The van der Waals surface area contributed by atoms with E-state index in [9.17, 15) is 9.59 Å². The summed E-state index contributed by atoms with van der Waals surface area (Å²) in [4.78, 5) is 28.3. The molecule has 7 atom stereocenters. The molecule has 0 unspecified atom stereocenters. The number of rotatable bonds is 15. The molecule has 1 aromatic carbocycles. The van der Waals surface area contributed by atoms with Crippen LogP contribution in [0.15, 0.2) is 30.3 Å². The summed E-state index contributed by atoms with van der Waals surface area (Å²) in [6.07, 6.45) is 1.38. The van der Waals surface area contributed by atoms with Crippen LogP contribution in [0.2, 0.25) is 18.1 Å². The summed E-state index contributed by atoms with van der Waals surface area (Å²) in [6.45, 7) is 22.2. The highest BCUT2D eigenvalue weighted by molar-refractivity contribution is 6.74. The minimum atomic E-state index is -1.93. The van der Waals surface area contributed by atoms with Crippen LogP contribution in [0.1, 0.15) is 80.2 Å². The Labute approximate surface area is 272 Å². The minimum Gasteiger partial charge on any atom is -0.447 e. The molecule has 2 saturated heterocycles. The van der Waals surface area contributed by atoms with Crippen molar-refractivity contribution < 1.29 is 37.7 Å². The van der Waals surface area contributed by atoms with Crippen molar-refractivity contribution in [2.45, 2.75) is 129 Å². The van der Waals surface area contributed by atoms with Gasteiger partial charge in [0.05, 0.1) is 36.9 Å². The Morgan fingerprint density at radius 3 is 2.40 bits per heavy atom. The van der Waals surface area contributed by atoms with E-state index in [1.54, 1.807) is 7.11 Å². The minimum absolute atomic E-state index is 0.0215. The van der Waals surface area contributed by atoms with Crippen molar-refractivity contribution in [2.75, 3.05) is 27.1 Å². The second-order valence-electron chi connectivity index (χ2n) is 15.0. The van der Waals surface area contributed by atoms with Crippen LogP contribution in [-0.2, 0) is 39.3 Å². The zero-order valence-electron chi connectivity index (χ0n) is 29.6. The van der Waals surface area contributed by atoms with Gasteiger partial charge in [-0.3, -0.25) is 4.79 Å². The summed E-state index contributed by atoms with van der Waals surface area (Å²) in [5, 5.41) is 0.119. The summed E-state index contributed by atoms with van der Waals surface area (Å²) in [7, 11) is -0.353. The van der Waals surface area contributed by atoms with E-state index in [1.807, 2.05) is 51.1 Å². The molecule has 256 valence electrons. The summed E-state index contributed by atoms with van der Waals surface area (Å²) in [5.41, 5.74) is 1.05. The first kappa shape index (κ1) is 37.6. The predicted molar refractivity (Wildman–Crippen MR) is 177 cm³/mol. The number of methoxy groups -OCH3 is 1. The highest BCUT2D eigenvalue weighted by Crippen LogP contribution is 2.39. The molecule has 0 radical (unpaired) electrons. The summed E-state index contributed by atoms with van der Waals surface area (Å²) >= 11 is 0. The molecule has 45 heavy (non-hydrogen) atoms. The Morgan fingerprint density at radius 2 is 1.80 bits per heavy atom. The van der Waals surface area contributed by atoms with E-state index in [2.05, 4.69) is 47.7 Å². The fraction of sp³-hybridized carbons (Fsp3) is 0.771. The SMILES string of the molecule is CC[C@H](C(=O)N1C(=O)OC[C@@H]1Cc1ccccc1)[C@H](OCOC)[C@H](C)C[C@@H](C)[C@@H]1C[C@@H](CO[Si](C)(C)C(C)(C)C)OC(C)(C)O1. The molecule has 0 N–H and O–H groups in total. The Hall–Kier alpha value is -1.82. The van der Waals surface area contributed by atoms with Crippen molar-refractivity contribution >= 4 is 20.3 Å². The topological polar surface area (TPSA) is 92.8 Å². The smallest absolute Gasteiger partial charge is 0.416 e. The number of nitrogens with zero attached hydrogens (tertiary/aromatic N) is 1. The molecular weight excluding hydrogens is 590 g/mol. The maximum atomic E-state index is 14.1. The molecule has 2 fully saturated rings. The van der Waals surface area contributed by atoms with Gasteiger partial charge in [0, 0.05) is 13.5 Å². The number of imide groups is 1. The first-order valence-electron chi connectivity index (χ1n) is 16.6. The summed E-state index contributed by atoms with van der Waals surface area (Å²) < 4.78 is 36.2. The molecule has 2 amide bonds. The average Bonchev–Trinajstić information content (AvgIpc) is 3.32. The van der Waals surface area contributed by atoms with Gasteiger partial charge in [-0.1, -0.05) is 71.9 Å². The molecular formula is C35H59NO8Si. The predicted octanol–water partition coefficient (Wildman–Crippen LogP) is 7.19. The third-order valence-electron chi connectivity index (χ3n) is 9.80. The number of amides is 2. The second-order valence-corrected chi connectivity index (χ2v) is 19.8. The Bertz CT molecular complexity index is 1090. The van der Waals surface area contributed by atoms with Gasteiger partial charge < -0.3 is 28.1 Å². The van der Waals surface area contributed by atoms with E-state index in [-0.39, 0.29) is 54.4 Å². The van der Waals surface area contributed by atoms with E-state index < -0.39 is 32.2 Å². The lowest BCUT2D eigenvalue weighted by Gasteiger charge is -2.45. The molecule has 9 nitrogen and oxygen atoms in total. The standard InChI is InChI=1S/C35H59NO8Si/c1-12-29(32(37)36-27(21-40-33(36)38)19-26-16-14-13-15-17-26)31(41-23-39-9)25(3)18-24(2)30-20-28(43-35(7,8)44-30)22-42-45(10,11)34(4,5)6/h13-17,24-25,27-31H,12,18-23H2,1-11H3/t24-,25-,27+,28+,29+,30+,31-/m1/s1. The maximum Gasteiger partial charge on any atom is 0.416 e. The molecule has 1 aromatic rings. The van der Waals surface area contributed by atoms with Crippen LogP contribution in [0, 0.1) is 17.8 Å². The average molecular weight is 650 g/mol. The quantitative estimate of drug-likeness (QED) is 0.146. The van der Waals surface area contributed by atoms with Gasteiger partial charge in [-0.05, 0) is 68.6 Å². The third-order valence-corrected chi connectivity index (χ3v) is 14.3. The first-order valence-corrected chi connectivity index (χ1v) is 19.5. The third kappa shape index (κ3) is 10.1. The molecule has 2 aliphatic heterocycles. The number of hydrogen-bond donors (Lipinski definition) is 0. The molecule has 0 bridgehead atoms. The van der Waals surface area contributed by atoms with Crippen LogP contribution in [0.5, 0.6) is 0 Å². The number of hydrogen-bond acceptors (Lipinski definition) is 8. The molecule has 10 heteroatoms. The van der Waals surface area contributed by atoms with E-state index in [1.165, 1.54) is 4.90 Å². The number of cyclic esters (lactones) is 1. The van der Waals surface area contributed by atoms with E-state index in [0.29, 0.717) is 19.4 Å². The maximum absolute atomic E-state index is 14.1.